The second-order valence-corrected chi connectivity index (χ2v) is 4.72. The molecular formula is C9H11NO4S. The molecule has 0 aliphatic rings. The van der Waals surface area contributed by atoms with Gasteiger partial charge in [-0.1, -0.05) is 0 Å². The highest BCUT2D eigenvalue weighted by Crippen LogP contribution is 2.13. The fourth-order valence-corrected chi connectivity index (χ4v) is 1.38. The number of aromatic nitrogens is 1. The first-order valence-electron chi connectivity index (χ1n) is 4.34. The van der Waals surface area contributed by atoms with Gasteiger partial charge in [-0.15, -0.1) is 0 Å². The first-order valence-corrected chi connectivity index (χ1v) is 5.91. The maximum Gasteiger partial charge on any atom is 0.308 e. The fraction of sp³-hybridized carbons (Fsp3) is 0.333. The Hall–Kier alpha value is -1.43. The largest absolute Gasteiger partial charge is 0.382 e. The molecule has 0 saturated heterocycles. The Morgan fingerprint density at radius 2 is 2.20 bits per heavy atom. The van der Waals surface area contributed by atoms with Crippen LogP contribution in [-0.4, -0.2) is 24.9 Å². The van der Waals surface area contributed by atoms with Gasteiger partial charge in [-0.25, -0.2) is 0 Å². The SMILES string of the molecule is CCS(=O)(=O)Oc1ccnc(C(C)=O)c1. The summed E-state index contributed by atoms with van der Waals surface area (Å²) < 4.78 is 27.0. The summed E-state index contributed by atoms with van der Waals surface area (Å²) in [6.07, 6.45) is 1.33. The van der Waals surface area contributed by atoms with Gasteiger partial charge < -0.3 is 4.18 Å². The number of carbonyl (C=O) groups is 1. The van der Waals surface area contributed by atoms with Crippen LogP contribution in [0.1, 0.15) is 24.3 Å². The van der Waals surface area contributed by atoms with E-state index in [1.807, 2.05) is 0 Å². The van der Waals surface area contributed by atoms with E-state index in [2.05, 4.69) is 4.98 Å². The number of ketones is 1. The van der Waals surface area contributed by atoms with Crippen molar-refractivity contribution in [2.24, 2.45) is 0 Å². The van der Waals surface area contributed by atoms with E-state index in [0.717, 1.165) is 0 Å². The molecule has 1 aromatic heterocycles. The summed E-state index contributed by atoms with van der Waals surface area (Å²) in [5.41, 5.74) is 0.179. The zero-order valence-electron chi connectivity index (χ0n) is 8.43. The molecule has 82 valence electrons. The molecular weight excluding hydrogens is 218 g/mol. The zero-order valence-corrected chi connectivity index (χ0v) is 9.24. The highest BCUT2D eigenvalue weighted by Gasteiger charge is 2.10. The highest BCUT2D eigenvalue weighted by molar-refractivity contribution is 7.87. The van der Waals surface area contributed by atoms with E-state index in [9.17, 15) is 13.2 Å². The third kappa shape index (κ3) is 3.32. The molecule has 1 aromatic rings. The van der Waals surface area contributed by atoms with Gasteiger partial charge in [0, 0.05) is 25.3 Å². The average Bonchev–Trinajstić information content (AvgIpc) is 2.17. The lowest BCUT2D eigenvalue weighted by atomic mass is 10.3. The maximum absolute atomic E-state index is 11.1. The molecule has 0 aromatic carbocycles. The lowest BCUT2D eigenvalue weighted by molar-refractivity contribution is 0.101. The molecule has 0 aliphatic carbocycles. The van der Waals surface area contributed by atoms with Crippen LogP contribution in [0.15, 0.2) is 18.3 Å². The van der Waals surface area contributed by atoms with E-state index in [1.54, 1.807) is 0 Å². The Bertz CT molecular complexity index is 467. The first kappa shape index (κ1) is 11.6. The Kier molecular flexibility index (Phi) is 3.41. The number of carbonyl (C=O) groups excluding carboxylic acids is 1. The molecule has 0 N–H and O–H groups in total. The molecule has 1 rings (SSSR count). The molecule has 1 heterocycles. The van der Waals surface area contributed by atoms with Crippen LogP contribution in [0.5, 0.6) is 5.75 Å². The molecule has 15 heavy (non-hydrogen) atoms. The van der Waals surface area contributed by atoms with Gasteiger partial charge in [0.2, 0.25) is 0 Å². The van der Waals surface area contributed by atoms with Crippen LogP contribution in [0.25, 0.3) is 0 Å². The van der Waals surface area contributed by atoms with Crippen LogP contribution in [0.3, 0.4) is 0 Å². The lowest BCUT2D eigenvalue weighted by Gasteiger charge is -2.04. The molecule has 0 saturated carbocycles. The van der Waals surface area contributed by atoms with Crippen molar-refractivity contribution in [1.82, 2.24) is 4.98 Å². The van der Waals surface area contributed by atoms with Gasteiger partial charge in [0.05, 0.1) is 5.75 Å². The van der Waals surface area contributed by atoms with E-state index in [1.165, 1.54) is 32.2 Å². The van der Waals surface area contributed by atoms with Gasteiger partial charge in [0.15, 0.2) is 5.78 Å². The van der Waals surface area contributed by atoms with Gasteiger partial charge in [0.25, 0.3) is 0 Å². The fourth-order valence-electron chi connectivity index (χ4n) is 0.861. The van der Waals surface area contributed by atoms with Crippen LogP contribution in [0.2, 0.25) is 0 Å². The van der Waals surface area contributed by atoms with Gasteiger partial charge in [0.1, 0.15) is 11.4 Å². The average molecular weight is 229 g/mol. The molecule has 0 aliphatic heterocycles. The summed E-state index contributed by atoms with van der Waals surface area (Å²) in [7, 11) is -3.55. The minimum Gasteiger partial charge on any atom is -0.382 e. The van der Waals surface area contributed by atoms with E-state index in [-0.39, 0.29) is 23.0 Å². The molecule has 0 fully saturated rings. The van der Waals surface area contributed by atoms with Gasteiger partial charge in [-0.05, 0) is 6.92 Å². The predicted octanol–water partition coefficient (Wildman–Crippen LogP) is 1.01. The van der Waals surface area contributed by atoms with Crippen molar-refractivity contribution in [3.05, 3.63) is 24.0 Å². The highest BCUT2D eigenvalue weighted by atomic mass is 32.2. The lowest BCUT2D eigenvalue weighted by Crippen LogP contribution is -2.11. The van der Waals surface area contributed by atoms with Gasteiger partial charge in [-0.2, -0.15) is 8.42 Å². The summed E-state index contributed by atoms with van der Waals surface area (Å²) >= 11 is 0. The van der Waals surface area contributed by atoms with Crippen LogP contribution in [0.4, 0.5) is 0 Å². The third-order valence-corrected chi connectivity index (χ3v) is 2.82. The molecule has 0 atom stereocenters. The van der Waals surface area contributed by atoms with Crippen LogP contribution in [-0.2, 0) is 10.1 Å². The molecule has 0 radical (unpaired) electrons. The minimum absolute atomic E-state index is 0.108. The predicted molar refractivity (Wildman–Crippen MR) is 54.3 cm³/mol. The van der Waals surface area contributed by atoms with Crippen molar-refractivity contribution in [2.45, 2.75) is 13.8 Å². The first-order chi connectivity index (χ1) is 6.94. The second-order valence-electron chi connectivity index (χ2n) is 2.86. The van der Waals surface area contributed by atoms with Crippen LogP contribution >= 0.6 is 0 Å². The Labute approximate surface area is 88.2 Å². The quantitative estimate of drug-likeness (QED) is 0.569. The summed E-state index contributed by atoms with van der Waals surface area (Å²) in [6, 6.07) is 2.69. The van der Waals surface area contributed by atoms with E-state index >= 15 is 0 Å². The minimum atomic E-state index is -3.55. The number of Topliss-reactive ketones (excluding diaryl/α,β-unsaturated/α-hetero) is 1. The summed E-state index contributed by atoms with van der Waals surface area (Å²) in [5, 5.41) is 0. The van der Waals surface area contributed by atoms with Crippen molar-refractivity contribution in [1.29, 1.82) is 0 Å². The maximum atomic E-state index is 11.1. The van der Waals surface area contributed by atoms with Gasteiger partial charge >= 0.3 is 10.1 Å². The molecule has 6 heteroatoms. The number of hydrogen-bond acceptors (Lipinski definition) is 5. The van der Waals surface area contributed by atoms with E-state index in [4.69, 9.17) is 4.18 Å². The summed E-state index contributed by atoms with van der Waals surface area (Å²) in [5.74, 6) is -0.253. The summed E-state index contributed by atoms with van der Waals surface area (Å²) in [4.78, 5) is 14.7. The van der Waals surface area contributed by atoms with Crippen molar-refractivity contribution in [3.8, 4) is 5.75 Å². The van der Waals surface area contributed by atoms with Crippen molar-refractivity contribution < 1.29 is 17.4 Å². The molecule has 0 amide bonds. The molecule has 5 nitrogen and oxygen atoms in total. The Balaban J connectivity index is 2.97. The van der Waals surface area contributed by atoms with Crippen LogP contribution < -0.4 is 4.18 Å². The third-order valence-electron chi connectivity index (χ3n) is 1.67. The van der Waals surface area contributed by atoms with Crippen LogP contribution in [0, 0.1) is 0 Å². The number of rotatable bonds is 4. The Morgan fingerprint density at radius 1 is 1.53 bits per heavy atom. The van der Waals surface area contributed by atoms with Crippen molar-refractivity contribution >= 4 is 15.9 Å². The Morgan fingerprint density at radius 3 is 2.73 bits per heavy atom. The standard InChI is InChI=1S/C9H11NO4S/c1-3-15(12,13)14-8-4-5-10-9(6-8)7(2)11/h4-6H,3H2,1-2H3. The normalized spacial score (nSPS) is 11.1. The molecule has 0 spiro atoms. The summed E-state index contributed by atoms with van der Waals surface area (Å²) in [6.45, 7) is 2.82. The van der Waals surface area contributed by atoms with Crippen molar-refractivity contribution in [2.75, 3.05) is 5.75 Å². The molecule has 0 bridgehead atoms. The smallest absolute Gasteiger partial charge is 0.308 e. The van der Waals surface area contributed by atoms with Crippen molar-refractivity contribution in [3.63, 3.8) is 0 Å². The molecule has 0 unspecified atom stereocenters. The zero-order chi connectivity index (χ0) is 11.5. The number of hydrogen-bond donors (Lipinski definition) is 0. The monoisotopic (exact) mass is 229 g/mol. The van der Waals surface area contributed by atoms with Gasteiger partial charge in [-0.3, -0.25) is 9.78 Å². The van der Waals surface area contributed by atoms with E-state index < -0.39 is 10.1 Å². The van der Waals surface area contributed by atoms with E-state index in [0.29, 0.717) is 0 Å². The topological polar surface area (TPSA) is 73.3 Å². The number of pyridine rings is 1. The second kappa shape index (κ2) is 4.39. The number of nitrogens with zero attached hydrogens (tertiary/aromatic N) is 1.